The van der Waals surface area contributed by atoms with Gasteiger partial charge in [0.05, 0.1) is 16.2 Å². The van der Waals surface area contributed by atoms with E-state index in [0.717, 1.165) is 21.8 Å². The summed E-state index contributed by atoms with van der Waals surface area (Å²) in [6.45, 7) is 1.64. The first-order valence-electron chi connectivity index (χ1n) is 7.70. The molecule has 0 atom stereocenters. The van der Waals surface area contributed by atoms with Gasteiger partial charge in [0.25, 0.3) is 10.9 Å². The van der Waals surface area contributed by atoms with Gasteiger partial charge >= 0.3 is 0 Å². The lowest BCUT2D eigenvalue weighted by molar-refractivity contribution is -0.385. The maximum absolute atomic E-state index is 12.1. The largest absolute Gasteiger partial charge is 0.411 e. The molecule has 0 spiro atoms. The van der Waals surface area contributed by atoms with Gasteiger partial charge in [0.15, 0.2) is 0 Å². The number of carbonyl (C=O) groups is 1. The molecule has 10 heteroatoms. The van der Waals surface area contributed by atoms with E-state index in [9.17, 15) is 14.9 Å². The van der Waals surface area contributed by atoms with Gasteiger partial charge in [-0.05, 0) is 41.1 Å². The van der Waals surface area contributed by atoms with Crippen molar-refractivity contribution in [3.8, 4) is 11.5 Å². The van der Waals surface area contributed by atoms with Crippen LogP contribution in [-0.2, 0) is 4.79 Å². The second-order valence-electron chi connectivity index (χ2n) is 5.45. The summed E-state index contributed by atoms with van der Waals surface area (Å²) >= 11 is 4.50. The molecule has 0 fully saturated rings. The molecule has 3 aromatic rings. The number of nitro benzene ring substituents is 1. The van der Waals surface area contributed by atoms with Gasteiger partial charge in [0.2, 0.25) is 11.8 Å². The van der Waals surface area contributed by atoms with Gasteiger partial charge in [-0.2, -0.15) is 0 Å². The average molecular weight is 449 g/mol. The highest BCUT2D eigenvalue weighted by Crippen LogP contribution is 2.29. The maximum Gasteiger partial charge on any atom is 0.277 e. The SMILES string of the molecule is Cc1ccc(NC(=O)CSc2nnc(-c3ccccc3Br)o2)cc1[N+](=O)[O-]. The third kappa shape index (κ3) is 4.72. The molecule has 0 saturated carbocycles. The molecule has 0 radical (unpaired) electrons. The number of amides is 1. The van der Waals surface area contributed by atoms with E-state index in [1.807, 2.05) is 24.3 Å². The summed E-state index contributed by atoms with van der Waals surface area (Å²) in [4.78, 5) is 22.6. The van der Waals surface area contributed by atoms with Gasteiger partial charge in [0.1, 0.15) is 0 Å². The Morgan fingerprint density at radius 2 is 2.07 bits per heavy atom. The van der Waals surface area contributed by atoms with Crippen LogP contribution in [0.4, 0.5) is 11.4 Å². The molecule has 0 aliphatic heterocycles. The van der Waals surface area contributed by atoms with Crippen LogP contribution in [0, 0.1) is 17.0 Å². The Morgan fingerprint density at radius 3 is 2.81 bits per heavy atom. The van der Waals surface area contributed by atoms with Gasteiger partial charge in [-0.15, -0.1) is 10.2 Å². The van der Waals surface area contributed by atoms with Crippen molar-refractivity contribution in [3.63, 3.8) is 0 Å². The van der Waals surface area contributed by atoms with Gasteiger partial charge < -0.3 is 9.73 Å². The number of nitro groups is 1. The number of benzene rings is 2. The monoisotopic (exact) mass is 448 g/mol. The Morgan fingerprint density at radius 1 is 1.30 bits per heavy atom. The van der Waals surface area contributed by atoms with Crippen LogP contribution in [0.15, 0.2) is 56.6 Å². The molecule has 1 amide bonds. The molecular weight excluding hydrogens is 436 g/mol. The molecular formula is C17H13BrN4O4S. The lowest BCUT2D eigenvalue weighted by Gasteiger charge is -2.05. The molecule has 0 saturated heterocycles. The number of hydrogen-bond donors (Lipinski definition) is 1. The van der Waals surface area contributed by atoms with Gasteiger partial charge in [-0.3, -0.25) is 14.9 Å². The number of nitrogens with zero attached hydrogens (tertiary/aromatic N) is 3. The molecule has 0 unspecified atom stereocenters. The highest BCUT2D eigenvalue weighted by Gasteiger charge is 2.15. The molecule has 0 bridgehead atoms. The third-order valence-electron chi connectivity index (χ3n) is 3.53. The van der Waals surface area contributed by atoms with Crippen LogP contribution in [0.3, 0.4) is 0 Å². The smallest absolute Gasteiger partial charge is 0.277 e. The maximum atomic E-state index is 12.1. The highest BCUT2D eigenvalue weighted by molar-refractivity contribution is 9.10. The summed E-state index contributed by atoms with van der Waals surface area (Å²) < 4.78 is 6.38. The molecule has 138 valence electrons. The highest BCUT2D eigenvalue weighted by atomic mass is 79.9. The Labute approximate surface area is 166 Å². The quantitative estimate of drug-likeness (QED) is 0.336. The van der Waals surface area contributed by atoms with E-state index in [1.165, 1.54) is 6.07 Å². The zero-order valence-electron chi connectivity index (χ0n) is 14.0. The van der Waals surface area contributed by atoms with Crippen molar-refractivity contribution < 1.29 is 14.1 Å². The van der Waals surface area contributed by atoms with E-state index in [1.54, 1.807) is 19.1 Å². The average Bonchev–Trinajstić information content (AvgIpc) is 3.10. The third-order valence-corrected chi connectivity index (χ3v) is 5.04. The van der Waals surface area contributed by atoms with E-state index >= 15 is 0 Å². The second kappa shape index (κ2) is 8.31. The predicted molar refractivity (Wildman–Crippen MR) is 105 cm³/mol. The number of carbonyl (C=O) groups excluding carboxylic acids is 1. The number of anilines is 1. The number of aromatic nitrogens is 2. The number of halogens is 1. The molecule has 0 aliphatic carbocycles. The summed E-state index contributed by atoms with van der Waals surface area (Å²) in [5, 5.41) is 21.7. The Hall–Kier alpha value is -2.72. The fourth-order valence-electron chi connectivity index (χ4n) is 2.22. The first-order chi connectivity index (χ1) is 12.9. The fourth-order valence-corrected chi connectivity index (χ4v) is 3.24. The van der Waals surface area contributed by atoms with Crippen LogP contribution in [0.2, 0.25) is 0 Å². The predicted octanol–water partition coefficient (Wildman–Crippen LogP) is 4.45. The van der Waals surface area contributed by atoms with Crippen molar-refractivity contribution >= 4 is 45.0 Å². The van der Waals surface area contributed by atoms with Crippen molar-refractivity contribution in [2.75, 3.05) is 11.1 Å². The normalized spacial score (nSPS) is 10.6. The van der Waals surface area contributed by atoms with Gasteiger partial charge in [-0.25, -0.2) is 0 Å². The molecule has 2 aromatic carbocycles. The summed E-state index contributed by atoms with van der Waals surface area (Å²) in [7, 11) is 0. The van der Waals surface area contributed by atoms with Crippen LogP contribution in [0.1, 0.15) is 5.56 Å². The molecule has 1 N–H and O–H groups in total. The van der Waals surface area contributed by atoms with Crippen LogP contribution in [0.25, 0.3) is 11.5 Å². The van der Waals surface area contributed by atoms with Crippen LogP contribution < -0.4 is 5.32 Å². The zero-order chi connectivity index (χ0) is 19.4. The minimum absolute atomic E-state index is 0.0271. The summed E-state index contributed by atoms with van der Waals surface area (Å²) in [6, 6.07) is 12.0. The van der Waals surface area contributed by atoms with E-state index in [0.29, 0.717) is 17.1 Å². The molecule has 1 heterocycles. The van der Waals surface area contributed by atoms with Crippen molar-refractivity contribution in [3.05, 3.63) is 62.6 Å². The van der Waals surface area contributed by atoms with E-state index in [-0.39, 0.29) is 22.6 Å². The molecule has 1 aromatic heterocycles. The number of aryl methyl sites for hydroxylation is 1. The molecule has 27 heavy (non-hydrogen) atoms. The summed E-state index contributed by atoms with van der Waals surface area (Å²) in [5.74, 6) is 0.0394. The van der Waals surface area contributed by atoms with E-state index < -0.39 is 4.92 Å². The Kier molecular flexibility index (Phi) is 5.87. The first-order valence-corrected chi connectivity index (χ1v) is 9.48. The van der Waals surface area contributed by atoms with E-state index in [2.05, 4.69) is 31.4 Å². The summed E-state index contributed by atoms with van der Waals surface area (Å²) in [5.41, 5.74) is 1.60. The van der Waals surface area contributed by atoms with E-state index in [4.69, 9.17) is 4.42 Å². The van der Waals surface area contributed by atoms with Crippen molar-refractivity contribution in [2.45, 2.75) is 12.1 Å². The van der Waals surface area contributed by atoms with Gasteiger partial charge in [0, 0.05) is 21.8 Å². The minimum atomic E-state index is -0.485. The zero-order valence-corrected chi connectivity index (χ0v) is 16.4. The standard InChI is InChI=1S/C17H13BrN4O4S/c1-10-6-7-11(8-14(10)22(24)25)19-15(23)9-27-17-21-20-16(26-17)12-4-2-3-5-13(12)18/h2-8H,9H2,1H3,(H,19,23). The Bertz CT molecular complexity index is 1010. The topological polar surface area (TPSA) is 111 Å². The van der Waals surface area contributed by atoms with Crippen molar-refractivity contribution in [2.24, 2.45) is 0 Å². The number of thioether (sulfide) groups is 1. The lowest BCUT2D eigenvalue weighted by atomic mass is 10.2. The van der Waals surface area contributed by atoms with Gasteiger partial charge in [-0.1, -0.05) is 30.0 Å². The molecule has 8 nitrogen and oxygen atoms in total. The first kappa shape index (κ1) is 19.1. The lowest BCUT2D eigenvalue weighted by Crippen LogP contribution is -2.14. The Balaban J connectivity index is 1.61. The van der Waals surface area contributed by atoms with Crippen molar-refractivity contribution in [1.29, 1.82) is 0 Å². The number of hydrogen-bond acceptors (Lipinski definition) is 7. The fraction of sp³-hybridized carbons (Fsp3) is 0.118. The van der Waals surface area contributed by atoms with Crippen molar-refractivity contribution in [1.82, 2.24) is 10.2 Å². The number of nitrogens with one attached hydrogen (secondary N) is 1. The molecule has 3 rings (SSSR count). The minimum Gasteiger partial charge on any atom is -0.411 e. The number of rotatable bonds is 6. The van der Waals surface area contributed by atoms with Crippen LogP contribution in [0.5, 0.6) is 0 Å². The summed E-state index contributed by atoms with van der Waals surface area (Å²) in [6.07, 6.45) is 0. The molecule has 0 aliphatic rings. The second-order valence-corrected chi connectivity index (χ2v) is 7.23. The van der Waals surface area contributed by atoms with Crippen LogP contribution >= 0.6 is 27.7 Å². The van der Waals surface area contributed by atoms with Crippen LogP contribution in [-0.4, -0.2) is 26.8 Å².